The van der Waals surface area contributed by atoms with E-state index >= 15 is 0 Å². The molecule has 3 heteroatoms. The SMILES string of the molecule is Cc1cc(CCN)n[nH]1. The Balaban J connectivity index is 2.61. The predicted octanol–water partition coefficient (Wildman–Crippen LogP) is 0.219. The fraction of sp³-hybridized carbons (Fsp3) is 0.500. The molecule has 1 heterocycles. The highest BCUT2D eigenvalue weighted by Gasteiger charge is 1.93. The summed E-state index contributed by atoms with van der Waals surface area (Å²) in [5, 5.41) is 6.85. The van der Waals surface area contributed by atoms with Gasteiger partial charge >= 0.3 is 0 Å². The Hall–Kier alpha value is -0.830. The molecule has 0 spiro atoms. The van der Waals surface area contributed by atoms with Crippen LogP contribution < -0.4 is 5.73 Å². The predicted molar refractivity (Wildman–Crippen MR) is 36.1 cm³/mol. The van der Waals surface area contributed by atoms with Gasteiger partial charge in [-0.3, -0.25) is 5.10 Å². The summed E-state index contributed by atoms with van der Waals surface area (Å²) in [6, 6.07) is 2.01. The lowest BCUT2D eigenvalue weighted by molar-refractivity contribution is 0.898. The van der Waals surface area contributed by atoms with E-state index in [9.17, 15) is 0 Å². The molecule has 0 saturated carbocycles. The Labute approximate surface area is 54.3 Å². The molecular formula is C6H11N3. The molecule has 0 saturated heterocycles. The van der Waals surface area contributed by atoms with Gasteiger partial charge in [-0.1, -0.05) is 0 Å². The number of nitrogens with two attached hydrogens (primary N) is 1. The van der Waals surface area contributed by atoms with Crippen LogP contribution in [-0.4, -0.2) is 16.7 Å². The lowest BCUT2D eigenvalue weighted by Gasteiger charge is -1.85. The maximum absolute atomic E-state index is 5.32. The van der Waals surface area contributed by atoms with Crippen LogP contribution in [-0.2, 0) is 6.42 Å². The number of hydrogen-bond donors (Lipinski definition) is 2. The zero-order valence-corrected chi connectivity index (χ0v) is 5.52. The van der Waals surface area contributed by atoms with Gasteiger partial charge in [-0.2, -0.15) is 5.10 Å². The molecule has 0 aliphatic rings. The summed E-state index contributed by atoms with van der Waals surface area (Å²) in [6.45, 7) is 2.65. The van der Waals surface area contributed by atoms with Crippen molar-refractivity contribution in [1.29, 1.82) is 0 Å². The van der Waals surface area contributed by atoms with Crippen LogP contribution in [0, 0.1) is 6.92 Å². The van der Waals surface area contributed by atoms with Crippen molar-refractivity contribution in [2.75, 3.05) is 6.54 Å². The third-order valence-corrected chi connectivity index (χ3v) is 1.16. The average Bonchev–Trinajstić information content (AvgIpc) is 2.17. The number of nitrogens with one attached hydrogen (secondary N) is 1. The van der Waals surface area contributed by atoms with Crippen LogP contribution in [0.1, 0.15) is 11.4 Å². The number of hydrogen-bond acceptors (Lipinski definition) is 2. The van der Waals surface area contributed by atoms with Gasteiger partial charge in [0.25, 0.3) is 0 Å². The summed E-state index contributed by atoms with van der Waals surface area (Å²) >= 11 is 0. The standard InChI is InChI=1S/C6H11N3/c1-5-4-6(2-3-7)9-8-5/h4H,2-3,7H2,1H3,(H,8,9). The number of H-pyrrole nitrogens is 1. The third kappa shape index (κ3) is 1.54. The fourth-order valence-corrected chi connectivity index (χ4v) is 0.750. The first-order chi connectivity index (χ1) is 4.33. The second-order valence-corrected chi connectivity index (χ2v) is 2.08. The van der Waals surface area contributed by atoms with Crippen LogP contribution in [0.4, 0.5) is 0 Å². The Bertz CT molecular complexity index is 180. The highest BCUT2D eigenvalue weighted by Crippen LogP contribution is 1.96. The number of aromatic amines is 1. The summed E-state index contributed by atoms with van der Waals surface area (Å²) in [5.41, 5.74) is 7.46. The number of nitrogens with zero attached hydrogens (tertiary/aromatic N) is 1. The zero-order chi connectivity index (χ0) is 6.69. The van der Waals surface area contributed by atoms with E-state index in [0.717, 1.165) is 17.8 Å². The van der Waals surface area contributed by atoms with Crippen LogP contribution in [0.15, 0.2) is 6.07 Å². The molecule has 0 bridgehead atoms. The average molecular weight is 125 g/mol. The maximum atomic E-state index is 5.32. The van der Waals surface area contributed by atoms with Crippen LogP contribution in [0.5, 0.6) is 0 Å². The van der Waals surface area contributed by atoms with Gasteiger partial charge in [0.2, 0.25) is 0 Å². The summed E-state index contributed by atoms with van der Waals surface area (Å²) in [5.74, 6) is 0. The van der Waals surface area contributed by atoms with Crippen molar-refractivity contribution >= 4 is 0 Å². The second-order valence-electron chi connectivity index (χ2n) is 2.08. The summed E-state index contributed by atoms with van der Waals surface area (Å²) in [4.78, 5) is 0. The Morgan fingerprint density at radius 1 is 1.78 bits per heavy atom. The Kier molecular flexibility index (Phi) is 1.85. The maximum Gasteiger partial charge on any atom is 0.0637 e. The molecule has 0 atom stereocenters. The minimum atomic E-state index is 0.671. The van der Waals surface area contributed by atoms with Crippen molar-refractivity contribution in [2.24, 2.45) is 5.73 Å². The lowest BCUT2D eigenvalue weighted by Crippen LogP contribution is -2.02. The molecule has 0 aliphatic carbocycles. The third-order valence-electron chi connectivity index (χ3n) is 1.16. The normalized spacial score (nSPS) is 10.0. The van der Waals surface area contributed by atoms with Crippen molar-refractivity contribution in [1.82, 2.24) is 10.2 Å². The smallest absolute Gasteiger partial charge is 0.0637 e. The molecule has 50 valence electrons. The number of aryl methyl sites for hydroxylation is 1. The summed E-state index contributed by atoms with van der Waals surface area (Å²) in [6.07, 6.45) is 0.865. The molecule has 3 nitrogen and oxygen atoms in total. The van der Waals surface area contributed by atoms with E-state index < -0.39 is 0 Å². The molecule has 0 aliphatic heterocycles. The van der Waals surface area contributed by atoms with E-state index in [1.54, 1.807) is 0 Å². The van der Waals surface area contributed by atoms with Crippen molar-refractivity contribution in [3.63, 3.8) is 0 Å². The van der Waals surface area contributed by atoms with Gasteiger partial charge in [-0.15, -0.1) is 0 Å². The Morgan fingerprint density at radius 2 is 2.56 bits per heavy atom. The van der Waals surface area contributed by atoms with Gasteiger partial charge in [-0.05, 0) is 19.5 Å². The van der Waals surface area contributed by atoms with Crippen molar-refractivity contribution in [3.8, 4) is 0 Å². The van der Waals surface area contributed by atoms with Crippen molar-refractivity contribution in [2.45, 2.75) is 13.3 Å². The first-order valence-corrected chi connectivity index (χ1v) is 3.04. The lowest BCUT2D eigenvalue weighted by atomic mass is 10.3. The zero-order valence-electron chi connectivity index (χ0n) is 5.52. The van der Waals surface area contributed by atoms with Gasteiger partial charge < -0.3 is 5.73 Å². The second kappa shape index (κ2) is 2.64. The highest BCUT2D eigenvalue weighted by molar-refractivity contribution is 5.06. The topological polar surface area (TPSA) is 54.7 Å². The van der Waals surface area contributed by atoms with E-state index in [-0.39, 0.29) is 0 Å². The minimum absolute atomic E-state index is 0.671. The molecule has 1 aromatic rings. The van der Waals surface area contributed by atoms with Crippen LogP contribution in [0.3, 0.4) is 0 Å². The van der Waals surface area contributed by atoms with Gasteiger partial charge in [-0.25, -0.2) is 0 Å². The number of rotatable bonds is 2. The quantitative estimate of drug-likeness (QED) is 0.594. The van der Waals surface area contributed by atoms with Crippen molar-refractivity contribution < 1.29 is 0 Å². The first kappa shape index (κ1) is 6.29. The van der Waals surface area contributed by atoms with E-state index in [1.165, 1.54) is 0 Å². The minimum Gasteiger partial charge on any atom is -0.330 e. The molecule has 0 radical (unpaired) electrons. The fourth-order valence-electron chi connectivity index (χ4n) is 0.750. The molecule has 0 aromatic carbocycles. The van der Waals surface area contributed by atoms with Crippen LogP contribution in [0.25, 0.3) is 0 Å². The molecular weight excluding hydrogens is 114 g/mol. The van der Waals surface area contributed by atoms with Gasteiger partial charge in [0.1, 0.15) is 0 Å². The highest BCUT2D eigenvalue weighted by atomic mass is 15.1. The van der Waals surface area contributed by atoms with Gasteiger partial charge in [0.15, 0.2) is 0 Å². The first-order valence-electron chi connectivity index (χ1n) is 3.04. The molecule has 0 amide bonds. The van der Waals surface area contributed by atoms with E-state index in [4.69, 9.17) is 5.73 Å². The molecule has 1 rings (SSSR count). The molecule has 0 unspecified atom stereocenters. The molecule has 9 heavy (non-hydrogen) atoms. The summed E-state index contributed by atoms with van der Waals surface area (Å²) in [7, 11) is 0. The molecule has 3 N–H and O–H groups in total. The molecule has 0 fully saturated rings. The van der Waals surface area contributed by atoms with Crippen molar-refractivity contribution in [3.05, 3.63) is 17.5 Å². The monoisotopic (exact) mass is 125 g/mol. The van der Waals surface area contributed by atoms with E-state index in [0.29, 0.717) is 6.54 Å². The van der Waals surface area contributed by atoms with Crippen LogP contribution >= 0.6 is 0 Å². The van der Waals surface area contributed by atoms with E-state index in [1.807, 2.05) is 13.0 Å². The summed E-state index contributed by atoms with van der Waals surface area (Å²) < 4.78 is 0. The Morgan fingerprint density at radius 3 is 3.00 bits per heavy atom. The van der Waals surface area contributed by atoms with Gasteiger partial charge in [0.05, 0.1) is 5.69 Å². The van der Waals surface area contributed by atoms with Crippen LogP contribution in [0.2, 0.25) is 0 Å². The molecule has 1 aromatic heterocycles. The largest absolute Gasteiger partial charge is 0.330 e. The van der Waals surface area contributed by atoms with Gasteiger partial charge in [0, 0.05) is 12.1 Å². The van der Waals surface area contributed by atoms with E-state index in [2.05, 4.69) is 10.2 Å². The number of aromatic nitrogens is 2.